The molecule has 1 saturated heterocycles. The van der Waals surface area contributed by atoms with Gasteiger partial charge in [-0.1, -0.05) is 13.0 Å². The summed E-state index contributed by atoms with van der Waals surface area (Å²) < 4.78 is 0. The van der Waals surface area contributed by atoms with Gasteiger partial charge < -0.3 is 10.2 Å². The molecule has 1 heterocycles. The number of amides is 2. The van der Waals surface area contributed by atoms with Gasteiger partial charge in [-0.05, 0) is 13.3 Å². The minimum absolute atomic E-state index is 0.0267. The van der Waals surface area contributed by atoms with E-state index >= 15 is 0 Å². The monoisotopic (exact) mass is 256 g/mol. The summed E-state index contributed by atoms with van der Waals surface area (Å²) in [7, 11) is 0. The SMILES string of the molecule is C=CCSCCN1CC(=O)NC(C)(CC)C1=O. The number of carbonyl (C=O) groups is 2. The van der Waals surface area contributed by atoms with E-state index < -0.39 is 5.54 Å². The lowest BCUT2D eigenvalue weighted by Gasteiger charge is -2.39. The van der Waals surface area contributed by atoms with E-state index in [4.69, 9.17) is 0 Å². The number of piperazine rings is 1. The molecule has 0 aromatic rings. The van der Waals surface area contributed by atoms with Crippen molar-refractivity contribution in [2.75, 3.05) is 24.6 Å². The molecular formula is C12H20N2O2S. The lowest BCUT2D eigenvalue weighted by molar-refractivity contribution is -0.149. The Morgan fingerprint density at radius 1 is 1.59 bits per heavy atom. The van der Waals surface area contributed by atoms with Crippen molar-refractivity contribution < 1.29 is 9.59 Å². The van der Waals surface area contributed by atoms with Crippen LogP contribution in [0.2, 0.25) is 0 Å². The van der Waals surface area contributed by atoms with Gasteiger partial charge in [0.15, 0.2) is 0 Å². The topological polar surface area (TPSA) is 49.4 Å². The highest BCUT2D eigenvalue weighted by Crippen LogP contribution is 2.18. The molecule has 0 aromatic heterocycles. The fourth-order valence-electron chi connectivity index (χ4n) is 1.76. The Kier molecular flexibility index (Phi) is 5.05. The zero-order valence-corrected chi connectivity index (χ0v) is 11.3. The molecule has 1 unspecified atom stereocenters. The summed E-state index contributed by atoms with van der Waals surface area (Å²) in [5, 5.41) is 2.77. The smallest absolute Gasteiger partial charge is 0.248 e. The van der Waals surface area contributed by atoms with Crippen LogP contribution < -0.4 is 5.32 Å². The molecule has 0 saturated carbocycles. The van der Waals surface area contributed by atoms with Crippen molar-refractivity contribution in [2.45, 2.75) is 25.8 Å². The average Bonchev–Trinajstić information content (AvgIpc) is 2.30. The van der Waals surface area contributed by atoms with Crippen LogP contribution in [0.5, 0.6) is 0 Å². The fraction of sp³-hybridized carbons (Fsp3) is 0.667. The first-order valence-electron chi connectivity index (χ1n) is 5.82. The van der Waals surface area contributed by atoms with Crippen molar-refractivity contribution in [1.82, 2.24) is 10.2 Å². The van der Waals surface area contributed by atoms with Crippen LogP contribution in [0.25, 0.3) is 0 Å². The van der Waals surface area contributed by atoms with E-state index in [2.05, 4.69) is 11.9 Å². The highest BCUT2D eigenvalue weighted by molar-refractivity contribution is 7.99. The van der Waals surface area contributed by atoms with Crippen LogP contribution in [0.1, 0.15) is 20.3 Å². The highest BCUT2D eigenvalue weighted by Gasteiger charge is 2.41. The van der Waals surface area contributed by atoms with Crippen molar-refractivity contribution >= 4 is 23.6 Å². The molecule has 1 rings (SSSR count). The van der Waals surface area contributed by atoms with Gasteiger partial charge in [0.05, 0.1) is 6.54 Å². The van der Waals surface area contributed by atoms with Crippen LogP contribution in [-0.2, 0) is 9.59 Å². The Labute approximate surface area is 107 Å². The Bertz CT molecular complexity index is 320. The van der Waals surface area contributed by atoms with Gasteiger partial charge in [0.1, 0.15) is 5.54 Å². The largest absolute Gasteiger partial charge is 0.340 e. The van der Waals surface area contributed by atoms with Gasteiger partial charge in [-0.25, -0.2) is 0 Å². The van der Waals surface area contributed by atoms with Crippen LogP contribution in [0.3, 0.4) is 0 Å². The summed E-state index contributed by atoms with van der Waals surface area (Å²) >= 11 is 1.71. The number of hydrogen-bond acceptors (Lipinski definition) is 3. The lowest BCUT2D eigenvalue weighted by atomic mass is 9.94. The van der Waals surface area contributed by atoms with Crippen molar-refractivity contribution in [3.05, 3.63) is 12.7 Å². The van der Waals surface area contributed by atoms with E-state index in [1.165, 1.54) is 0 Å². The van der Waals surface area contributed by atoms with Crippen LogP contribution in [0, 0.1) is 0 Å². The molecular weight excluding hydrogens is 236 g/mol. The molecule has 1 fully saturated rings. The molecule has 1 aliphatic heterocycles. The number of carbonyl (C=O) groups excluding carboxylic acids is 2. The van der Waals surface area contributed by atoms with Gasteiger partial charge in [-0.2, -0.15) is 11.8 Å². The Morgan fingerprint density at radius 2 is 2.29 bits per heavy atom. The number of thioether (sulfide) groups is 1. The van der Waals surface area contributed by atoms with Gasteiger partial charge in [0.25, 0.3) is 0 Å². The maximum Gasteiger partial charge on any atom is 0.248 e. The van der Waals surface area contributed by atoms with Gasteiger partial charge in [0.2, 0.25) is 11.8 Å². The zero-order valence-electron chi connectivity index (χ0n) is 10.5. The van der Waals surface area contributed by atoms with Crippen LogP contribution in [0.4, 0.5) is 0 Å². The Hall–Kier alpha value is -0.970. The molecule has 1 aliphatic rings. The van der Waals surface area contributed by atoms with Crippen molar-refractivity contribution in [1.29, 1.82) is 0 Å². The molecule has 17 heavy (non-hydrogen) atoms. The first-order valence-corrected chi connectivity index (χ1v) is 6.98. The maximum atomic E-state index is 12.2. The minimum atomic E-state index is -0.724. The summed E-state index contributed by atoms with van der Waals surface area (Å²) in [5.74, 6) is 1.67. The van der Waals surface area contributed by atoms with Gasteiger partial charge in [-0.15, -0.1) is 6.58 Å². The number of rotatable bonds is 6. The van der Waals surface area contributed by atoms with E-state index in [-0.39, 0.29) is 18.4 Å². The van der Waals surface area contributed by atoms with Gasteiger partial charge in [-0.3, -0.25) is 9.59 Å². The normalized spacial score (nSPS) is 24.7. The summed E-state index contributed by atoms with van der Waals surface area (Å²) in [6, 6.07) is 0. The molecule has 96 valence electrons. The Balaban J connectivity index is 2.56. The molecule has 0 aliphatic carbocycles. The van der Waals surface area contributed by atoms with E-state index in [9.17, 15) is 9.59 Å². The number of nitrogens with zero attached hydrogens (tertiary/aromatic N) is 1. The van der Waals surface area contributed by atoms with Crippen molar-refractivity contribution in [3.63, 3.8) is 0 Å². The summed E-state index contributed by atoms with van der Waals surface area (Å²) in [6.07, 6.45) is 2.46. The van der Waals surface area contributed by atoms with Crippen LogP contribution in [-0.4, -0.2) is 46.8 Å². The van der Waals surface area contributed by atoms with E-state index in [1.807, 2.05) is 13.0 Å². The number of hydrogen-bond donors (Lipinski definition) is 1. The molecule has 5 heteroatoms. The first kappa shape index (κ1) is 14.1. The lowest BCUT2D eigenvalue weighted by Crippen LogP contribution is -2.65. The highest BCUT2D eigenvalue weighted by atomic mass is 32.2. The third-order valence-electron chi connectivity index (χ3n) is 2.96. The molecule has 1 atom stereocenters. The molecule has 0 radical (unpaired) electrons. The molecule has 2 amide bonds. The quantitative estimate of drug-likeness (QED) is 0.570. The van der Waals surface area contributed by atoms with E-state index in [0.29, 0.717) is 13.0 Å². The standard InChI is InChI=1S/C12H20N2O2S/c1-4-7-17-8-6-14-9-10(15)13-12(3,5-2)11(14)16/h4H,1,5-9H2,2-3H3,(H,13,15). The maximum absolute atomic E-state index is 12.2. The molecule has 0 spiro atoms. The van der Waals surface area contributed by atoms with Crippen LogP contribution >= 0.6 is 11.8 Å². The first-order chi connectivity index (χ1) is 8.03. The fourth-order valence-corrected chi connectivity index (χ4v) is 2.44. The molecule has 4 nitrogen and oxygen atoms in total. The second-order valence-electron chi connectivity index (χ2n) is 4.32. The van der Waals surface area contributed by atoms with Gasteiger partial charge in [0, 0.05) is 18.1 Å². The second-order valence-corrected chi connectivity index (χ2v) is 5.47. The van der Waals surface area contributed by atoms with E-state index in [0.717, 1.165) is 11.5 Å². The summed E-state index contributed by atoms with van der Waals surface area (Å²) in [5.41, 5.74) is -0.724. The molecule has 1 N–H and O–H groups in total. The minimum Gasteiger partial charge on any atom is -0.340 e. The van der Waals surface area contributed by atoms with Crippen LogP contribution in [0.15, 0.2) is 12.7 Å². The predicted octanol–water partition coefficient (Wildman–Crippen LogP) is 1.03. The predicted molar refractivity (Wildman–Crippen MR) is 70.9 cm³/mol. The zero-order chi connectivity index (χ0) is 12.9. The van der Waals surface area contributed by atoms with Crippen molar-refractivity contribution in [2.24, 2.45) is 0 Å². The van der Waals surface area contributed by atoms with Gasteiger partial charge >= 0.3 is 0 Å². The average molecular weight is 256 g/mol. The second kappa shape index (κ2) is 6.10. The molecule has 0 bridgehead atoms. The van der Waals surface area contributed by atoms with Crippen molar-refractivity contribution in [3.8, 4) is 0 Å². The summed E-state index contributed by atoms with van der Waals surface area (Å²) in [4.78, 5) is 25.4. The summed E-state index contributed by atoms with van der Waals surface area (Å²) in [6.45, 7) is 8.15. The third kappa shape index (κ3) is 3.49. The Morgan fingerprint density at radius 3 is 2.88 bits per heavy atom. The molecule has 0 aromatic carbocycles. The van der Waals surface area contributed by atoms with E-state index in [1.54, 1.807) is 23.6 Å². The number of nitrogens with one attached hydrogen (secondary N) is 1. The third-order valence-corrected chi connectivity index (χ3v) is 3.90.